The number of Topliss-reactive ketones (excluding diaryl/α,β-unsaturated/α-hetero) is 2. The number of allylic oxidation sites excluding steroid dienone is 1. The number of nitrogens with one attached hydrogen (secondary N) is 1. The number of benzene rings is 1. The molecule has 0 heterocycles. The number of aromatic hydroxyl groups is 1. The monoisotopic (exact) mass is 504 g/mol. The molecule has 3 aliphatic carbocycles. The summed E-state index contributed by atoms with van der Waals surface area (Å²) in [7, 11) is 4.72. The van der Waals surface area contributed by atoms with Gasteiger partial charge in [-0.15, -0.1) is 0 Å². The largest absolute Gasteiger partial charge is 0.510 e. The molecule has 1 aromatic rings. The minimum Gasteiger partial charge on any atom is -0.510 e. The highest BCUT2D eigenvalue weighted by Gasteiger charge is 2.63. The standard InChI is InChI=1S/C24H29FN4O7/c1-28-5-4-9-15(25)10-6-8-7-11-17(29(2)3)20(32)14(23(27)35)22(34)24(11,36)21(33)12(8)18(30)13(10)19(31)16(9)26/h8,11,17,28,31-33,36H,4-7,26H2,1-3H3,(H2,27,35)/t8-,11-,17-,24-/m0/s1. The van der Waals surface area contributed by atoms with E-state index in [-0.39, 0.29) is 41.6 Å². The van der Waals surface area contributed by atoms with Crippen molar-refractivity contribution in [3.05, 3.63) is 45.2 Å². The highest BCUT2D eigenvalue weighted by Crippen LogP contribution is 2.53. The van der Waals surface area contributed by atoms with Crippen LogP contribution >= 0.6 is 0 Å². The number of rotatable bonds is 5. The summed E-state index contributed by atoms with van der Waals surface area (Å²) in [6.07, 6.45) is -0.112. The SMILES string of the molecule is CNCCc1c(N)c(O)c2c(c1F)C[C@H]1C[C@H]3[C@H](N(C)C)C(O)=C(C(N)=O)C(=O)[C@@]3(O)C(O)=C1C2=O. The molecular weight excluding hydrogens is 475 g/mol. The van der Waals surface area contributed by atoms with Gasteiger partial charge < -0.3 is 37.2 Å². The fraction of sp³-hybridized carbons (Fsp3) is 0.458. The molecule has 0 bridgehead atoms. The number of hydrogen-bond acceptors (Lipinski definition) is 10. The maximum absolute atomic E-state index is 15.6. The highest BCUT2D eigenvalue weighted by molar-refractivity contribution is 6.24. The number of likely N-dealkylation sites (N-methyl/N-ethyl adjacent to an activating group) is 2. The summed E-state index contributed by atoms with van der Waals surface area (Å²) in [4.78, 5) is 40.2. The molecule has 0 spiro atoms. The van der Waals surface area contributed by atoms with E-state index in [9.17, 15) is 34.8 Å². The number of phenols is 1. The van der Waals surface area contributed by atoms with Gasteiger partial charge in [-0.2, -0.15) is 0 Å². The third-order valence-electron chi connectivity index (χ3n) is 7.59. The summed E-state index contributed by atoms with van der Waals surface area (Å²) in [5.41, 5.74) is 6.43. The van der Waals surface area contributed by atoms with E-state index in [2.05, 4.69) is 5.32 Å². The quantitative estimate of drug-likeness (QED) is 0.157. The zero-order chi connectivity index (χ0) is 26.9. The van der Waals surface area contributed by atoms with Gasteiger partial charge in [-0.1, -0.05) is 0 Å². The number of hydrogen-bond donors (Lipinski definition) is 7. The van der Waals surface area contributed by atoms with Crippen LogP contribution in [0.5, 0.6) is 5.75 Å². The molecule has 4 rings (SSSR count). The van der Waals surface area contributed by atoms with Crippen molar-refractivity contribution >= 4 is 23.2 Å². The number of primary amides is 1. The molecule has 0 unspecified atom stereocenters. The number of anilines is 1. The summed E-state index contributed by atoms with van der Waals surface area (Å²) in [6.45, 7) is 0.359. The molecular formula is C24H29FN4O7. The molecule has 0 saturated heterocycles. The van der Waals surface area contributed by atoms with Crippen LogP contribution in [-0.2, 0) is 22.4 Å². The molecule has 0 radical (unpaired) electrons. The van der Waals surface area contributed by atoms with Crippen LogP contribution in [-0.4, -0.2) is 82.1 Å². The summed E-state index contributed by atoms with van der Waals surface area (Å²) >= 11 is 0. The number of phenolic OH excluding ortho intramolecular Hbond substituents is 1. The molecule has 1 aromatic carbocycles. The number of fused-ring (bicyclic) bond motifs is 3. The minimum atomic E-state index is -2.75. The first kappa shape index (κ1) is 25.6. The van der Waals surface area contributed by atoms with Crippen LogP contribution in [0.4, 0.5) is 10.1 Å². The first-order chi connectivity index (χ1) is 16.8. The van der Waals surface area contributed by atoms with Crippen LogP contribution in [0.2, 0.25) is 0 Å². The molecule has 9 N–H and O–H groups in total. The summed E-state index contributed by atoms with van der Waals surface area (Å²) in [5.74, 6) is -8.74. The first-order valence-corrected chi connectivity index (χ1v) is 11.4. The minimum absolute atomic E-state index is 0.0445. The van der Waals surface area contributed by atoms with Crippen molar-refractivity contribution in [2.75, 3.05) is 33.4 Å². The number of aliphatic hydroxyl groups excluding tert-OH is 2. The van der Waals surface area contributed by atoms with E-state index in [4.69, 9.17) is 11.5 Å². The molecule has 0 aliphatic heterocycles. The Hall–Kier alpha value is -3.48. The van der Waals surface area contributed by atoms with Gasteiger partial charge in [-0.3, -0.25) is 19.3 Å². The smallest absolute Gasteiger partial charge is 0.255 e. The number of nitrogens with zero attached hydrogens (tertiary/aromatic N) is 1. The molecule has 194 valence electrons. The Balaban J connectivity index is 1.95. The number of halogens is 1. The Labute approximate surface area is 205 Å². The van der Waals surface area contributed by atoms with E-state index < -0.39 is 75.2 Å². The lowest BCUT2D eigenvalue weighted by molar-refractivity contribution is -0.148. The zero-order valence-corrected chi connectivity index (χ0v) is 20.1. The molecule has 0 aromatic heterocycles. The molecule has 0 saturated carbocycles. The summed E-state index contributed by atoms with van der Waals surface area (Å²) in [5, 5.41) is 47.1. The number of carbonyl (C=O) groups is 3. The van der Waals surface area contributed by atoms with Crippen LogP contribution in [0.25, 0.3) is 0 Å². The Morgan fingerprint density at radius 2 is 1.89 bits per heavy atom. The van der Waals surface area contributed by atoms with Crippen molar-refractivity contribution in [2.45, 2.75) is 30.9 Å². The number of aliphatic hydroxyl groups is 3. The van der Waals surface area contributed by atoms with Crippen LogP contribution in [0, 0.1) is 17.7 Å². The lowest BCUT2D eigenvalue weighted by Gasteiger charge is -2.50. The van der Waals surface area contributed by atoms with Gasteiger partial charge in [0.25, 0.3) is 5.91 Å². The highest BCUT2D eigenvalue weighted by atomic mass is 19.1. The lowest BCUT2D eigenvalue weighted by atomic mass is 9.58. The number of nitrogen functional groups attached to an aromatic ring is 1. The van der Waals surface area contributed by atoms with Crippen molar-refractivity contribution in [1.29, 1.82) is 0 Å². The molecule has 3 aliphatic rings. The fourth-order valence-electron chi connectivity index (χ4n) is 5.91. The summed E-state index contributed by atoms with van der Waals surface area (Å²) in [6, 6.07) is -1.12. The van der Waals surface area contributed by atoms with Crippen molar-refractivity contribution in [2.24, 2.45) is 17.6 Å². The van der Waals surface area contributed by atoms with Gasteiger partial charge in [0.2, 0.25) is 5.78 Å². The van der Waals surface area contributed by atoms with E-state index in [0.717, 1.165) is 0 Å². The third kappa shape index (κ3) is 3.25. The average Bonchev–Trinajstić information content (AvgIpc) is 2.79. The van der Waals surface area contributed by atoms with Crippen LogP contribution in [0.1, 0.15) is 27.9 Å². The molecule has 11 nitrogen and oxygen atoms in total. The van der Waals surface area contributed by atoms with Crippen molar-refractivity contribution in [1.82, 2.24) is 10.2 Å². The Kier molecular flexibility index (Phi) is 6.10. The van der Waals surface area contributed by atoms with Gasteiger partial charge in [-0.05, 0) is 52.9 Å². The second-order valence-corrected chi connectivity index (χ2v) is 9.73. The number of carbonyl (C=O) groups excluding carboxylic acids is 3. The summed E-state index contributed by atoms with van der Waals surface area (Å²) < 4.78 is 15.6. The maximum Gasteiger partial charge on any atom is 0.255 e. The van der Waals surface area contributed by atoms with Gasteiger partial charge >= 0.3 is 0 Å². The molecule has 36 heavy (non-hydrogen) atoms. The predicted octanol–water partition coefficient (Wildman–Crippen LogP) is -0.396. The van der Waals surface area contributed by atoms with Crippen molar-refractivity contribution in [3.8, 4) is 5.75 Å². The van der Waals surface area contributed by atoms with E-state index in [1.54, 1.807) is 7.05 Å². The number of ketones is 2. The normalized spacial score (nSPS) is 27.8. The predicted molar refractivity (Wildman–Crippen MR) is 126 cm³/mol. The average molecular weight is 505 g/mol. The molecule has 1 amide bonds. The second kappa shape index (κ2) is 8.57. The first-order valence-electron chi connectivity index (χ1n) is 11.4. The fourth-order valence-corrected chi connectivity index (χ4v) is 5.91. The van der Waals surface area contributed by atoms with Gasteiger partial charge in [0.05, 0.1) is 17.3 Å². The van der Waals surface area contributed by atoms with Crippen molar-refractivity contribution < 1.29 is 39.2 Å². The zero-order valence-electron chi connectivity index (χ0n) is 20.1. The molecule has 12 heteroatoms. The molecule has 0 fully saturated rings. The van der Waals surface area contributed by atoms with Gasteiger partial charge in [0.1, 0.15) is 28.7 Å². The van der Waals surface area contributed by atoms with Crippen LogP contribution in [0.15, 0.2) is 22.7 Å². The van der Waals surface area contributed by atoms with Crippen molar-refractivity contribution in [3.63, 3.8) is 0 Å². The third-order valence-corrected chi connectivity index (χ3v) is 7.59. The van der Waals surface area contributed by atoms with Gasteiger partial charge in [-0.25, -0.2) is 4.39 Å². The molecule has 4 atom stereocenters. The Bertz CT molecular complexity index is 1270. The Morgan fingerprint density at radius 3 is 2.44 bits per heavy atom. The maximum atomic E-state index is 15.6. The topological polar surface area (TPSA) is 199 Å². The van der Waals surface area contributed by atoms with Crippen LogP contribution < -0.4 is 16.8 Å². The number of amides is 1. The van der Waals surface area contributed by atoms with Gasteiger partial charge in [0.15, 0.2) is 11.4 Å². The van der Waals surface area contributed by atoms with E-state index in [0.29, 0.717) is 6.54 Å². The van der Waals surface area contributed by atoms with E-state index >= 15 is 4.39 Å². The lowest BCUT2D eigenvalue weighted by Crippen LogP contribution is -2.63. The van der Waals surface area contributed by atoms with Gasteiger partial charge in [0, 0.05) is 22.6 Å². The second-order valence-electron chi connectivity index (χ2n) is 9.73. The Morgan fingerprint density at radius 1 is 1.25 bits per heavy atom. The van der Waals surface area contributed by atoms with E-state index in [1.807, 2.05) is 0 Å². The van der Waals surface area contributed by atoms with E-state index in [1.165, 1.54) is 19.0 Å². The van der Waals surface area contributed by atoms with Crippen LogP contribution in [0.3, 0.4) is 0 Å². The number of nitrogens with two attached hydrogens (primary N) is 2.